The zero-order valence-electron chi connectivity index (χ0n) is 17.3. The molecule has 0 saturated carbocycles. The van der Waals surface area contributed by atoms with Crippen LogP contribution in [0, 0.1) is 0 Å². The molecular weight excluding hydrogens is 394 g/mol. The topological polar surface area (TPSA) is 87.7 Å². The van der Waals surface area contributed by atoms with Crippen LogP contribution in [0.4, 0.5) is 10.5 Å². The summed E-state index contributed by atoms with van der Waals surface area (Å²) in [5.74, 6) is -0.434. The van der Waals surface area contributed by atoms with Crippen LogP contribution in [0.5, 0.6) is 5.75 Å². The number of urea groups is 1. The first-order chi connectivity index (χ1) is 14.9. The van der Waals surface area contributed by atoms with Crippen molar-refractivity contribution >= 4 is 34.3 Å². The molecule has 1 fully saturated rings. The second-order valence-electron chi connectivity index (χ2n) is 7.49. The van der Waals surface area contributed by atoms with Gasteiger partial charge in [0.15, 0.2) is 0 Å². The maximum atomic E-state index is 13.2. The molecule has 0 spiro atoms. The van der Waals surface area contributed by atoms with Crippen LogP contribution in [0.1, 0.15) is 19.4 Å². The van der Waals surface area contributed by atoms with Crippen molar-refractivity contribution in [3.63, 3.8) is 0 Å². The van der Waals surface area contributed by atoms with Gasteiger partial charge in [0.2, 0.25) is 5.91 Å². The van der Waals surface area contributed by atoms with Crippen LogP contribution in [-0.4, -0.2) is 35.9 Å². The predicted octanol–water partition coefficient (Wildman–Crippen LogP) is 3.64. The number of rotatable bonds is 6. The molecule has 1 atom stereocenters. The number of carbonyl (C=O) groups is 3. The monoisotopic (exact) mass is 417 g/mol. The van der Waals surface area contributed by atoms with E-state index in [-0.39, 0.29) is 0 Å². The first kappa shape index (κ1) is 20.4. The van der Waals surface area contributed by atoms with Gasteiger partial charge in [-0.25, -0.2) is 4.79 Å². The van der Waals surface area contributed by atoms with Crippen molar-refractivity contribution in [2.24, 2.45) is 0 Å². The molecule has 1 heterocycles. The molecule has 2 N–H and O–H groups in total. The Morgan fingerprint density at radius 2 is 1.74 bits per heavy atom. The molecular formula is C24H23N3O4. The highest BCUT2D eigenvalue weighted by Gasteiger charge is 2.49. The molecule has 7 nitrogen and oxygen atoms in total. The second-order valence-corrected chi connectivity index (χ2v) is 7.49. The number of ether oxygens (including phenoxy) is 1. The molecule has 31 heavy (non-hydrogen) atoms. The molecule has 1 aliphatic rings. The van der Waals surface area contributed by atoms with Crippen molar-refractivity contribution in [3.8, 4) is 5.75 Å². The van der Waals surface area contributed by atoms with Gasteiger partial charge in [0.05, 0.1) is 12.3 Å². The number of para-hydroxylation sites is 2. The Balaban J connectivity index is 1.53. The highest BCUT2D eigenvalue weighted by Crippen LogP contribution is 2.31. The lowest BCUT2D eigenvalue weighted by atomic mass is 9.90. The van der Waals surface area contributed by atoms with Crippen molar-refractivity contribution in [3.05, 3.63) is 72.3 Å². The number of amides is 4. The van der Waals surface area contributed by atoms with Crippen molar-refractivity contribution in [2.45, 2.75) is 19.4 Å². The molecule has 0 aromatic heterocycles. The molecule has 4 amide bonds. The standard InChI is InChI=1S/C24H23N3O4/c1-3-31-20-11-7-6-10-19(20)25-21(28)15-27-22(29)24(2,26-23(27)30)18-13-12-16-8-4-5-9-17(16)14-18/h4-14H,3,15H2,1-2H3,(H,25,28)(H,26,30). The normalized spacial score (nSPS) is 18.2. The maximum Gasteiger partial charge on any atom is 0.325 e. The number of hydrogen-bond donors (Lipinski definition) is 2. The van der Waals surface area contributed by atoms with E-state index in [1.807, 2.05) is 49.4 Å². The Kier molecular flexibility index (Phi) is 5.33. The average molecular weight is 417 g/mol. The fourth-order valence-corrected chi connectivity index (χ4v) is 3.72. The molecule has 158 valence electrons. The molecule has 1 unspecified atom stereocenters. The molecule has 7 heteroatoms. The van der Waals surface area contributed by atoms with Crippen LogP contribution < -0.4 is 15.4 Å². The van der Waals surface area contributed by atoms with Gasteiger partial charge in [0.1, 0.15) is 17.8 Å². The van der Waals surface area contributed by atoms with Crippen molar-refractivity contribution < 1.29 is 19.1 Å². The number of imide groups is 1. The first-order valence-electron chi connectivity index (χ1n) is 10.1. The molecule has 3 aromatic rings. The van der Waals surface area contributed by atoms with Gasteiger partial charge in [0.25, 0.3) is 5.91 Å². The fraction of sp³-hybridized carbons (Fsp3) is 0.208. The summed E-state index contributed by atoms with van der Waals surface area (Å²) in [7, 11) is 0. The highest BCUT2D eigenvalue weighted by molar-refractivity contribution is 6.10. The molecule has 0 bridgehead atoms. The third-order valence-electron chi connectivity index (χ3n) is 5.36. The van der Waals surface area contributed by atoms with Gasteiger partial charge in [-0.05, 0) is 48.4 Å². The molecule has 0 aliphatic carbocycles. The van der Waals surface area contributed by atoms with Crippen LogP contribution in [0.2, 0.25) is 0 Å². The van der Waals surface area contributed by atoms with Crippen LogP contribution in [0.25, 0.3) is 10.8 Å². The SMILES string of the molecule is CCOc1ccccc1NC(=O)CN1C(=O)NC(C)(c2ccc3ccccc3c2)C1=O. The Labute approximate surface area is 180 Å². The van der Waals surface area contributed by atoms with Crippen LogP contribution in [0.15, 0.2) is 66.7 Å². The third-order valence-corrected chi connectivity index (χ3v) is 5.36. The van der Waals surface area contributed by atoms with Crippen LogP contribution in [-0.2, 0) is 15.1 Å². The summed E-state index contributed by atoms with van der Waals surface area (Å²) in [5.41, 5.74) is -0.0993. The van der Waals surface area contributed by atoms with Crippen LogP contribution >= 0.6 is 0 Å². The summed E-state index contributed by atoms with van der Waals surface area (Å²) in [6.45, 7) is 3.55. The Morgan fingerprint density at radius 1 is 1.03 bits per heavy atom. The smallest absolute Gasteiger partial charge is 0.325 e. The van der Waals surface area contributed by atoms with Gasteiger partial charge < -0.3 is 15.4 Å². The van der Waals surface area contributed by atoms with Gasteiger partial charge in [-0.1, -0.05) is 48.5 Å². The van der Waals surface area contributed by atoms with Gasteiger partial charge in [0, 0.05) is 0 Å². The highest BCUT2D eigenvalue weighted by atomic mass is 16.5. The summed E-state index contributed by atoms with van der Waals surface area (Å²) < 4.78 is 5.50. The zero-order valence-corrected chi connectivity index (χ0v) is 17.3. The molecule has 4 rings (SSSR count). The van der Waals surface area contributed by atoms with E-state index >= 15 is 0 Å². The van der Waals surface area contributed by atoms with Gasteiger partial charge in [-0.15, -0.1) is 0 Å². The van der Waals surface area contributed by atoms with E-state index < -0.39 is 29.9 Å². The first-order valence-corrected chi connectivity index (χ1v) is 10.1. The van der Waals surface area contributed by atoms with E-state index in [1.165, 1.54) is 0 Å². The summed E-state index contributed by atoms with van der Waals surface area (Å²) in [5, 5.41) is 7.46. The lowest BCUT2D eigenvalue weighted by Crippen LogP contribution is -2.42. The Morgan fingerprint density at radius 3 is 2.52 bits per heavy atom. The number of hydrogen-bond acceptors (Lipinski definition) is 4. The summed E-state index contributed by atoms with van der Waals surface area (Å²) in [6.07, 6.45) is 0. The third kappa shape index (κ3) is 3.82. The van der Waals surface area contributed by atoms with E-state index in [1.54, 1.807) is 31.2 Å². The minimum atomic E-state index is -1.25. The zero-order chi connectivity index (χ0) is 22.0. The lowest BCUT2D eigenvalue weighted by Gasteiger charge is -2.22. The van der Waals surface area contributed by atoms with Crippen molar-refractivity contribution in [2.75, 3.05) is 18.5 Å². The molecule has 3 aromatic carbocycles. The largest absolute Gasteiger partial charge is 0.492 e. The van der Waals surface area contributed by atoms with Crippen molar-refractivity contribution in [1.29, 1.82) is 0 Å². The van der Waals surface area contributed by atoms with Crippen molar-refractivity contribution in [1.82, 2.24) is 10.2 Å². The molecule has 1 aliphatic heterocycles. The Bertz CT molecular complexity index is 1180. The maximum absolute atomic E-state index is 13.2. The minimum Gasteiger partial charge on any atom is -0.492 e. The number of nitrogens with zero attached hydrogens (tertiary/aromatic N) is 1. The van der Waals surface area contributed by atoms with Crippen LogP contribution in [0.3, 0.4) is 0 Å². The van der Waals surface area contributed by atoms with E-state index in [2.05, 4.69) is 10.6 Å². The quantitative estimate of drug-likeness (QED) is 0.600. The molecule has 0 radical (unpaired) electrons. The molecule has 1 saturated heterocycles. The van der Waals surface area contributed by atoms with E-state index in [0.717, 1.165) is 15.7 Å². The number of benzene rings is 3. The number of fused-ring (bicyclic) bond motifs is 1. The Hall–Kier alpha value is -3.87. The second kappa shape index (κ2) is 8.10. The predicted molar refractivity (Wildman–Crippen MR) is 118 cm³/mol. The van der Waals surface area contributed by atoms with Gasteiger partial charge in [-0.2, -0.15) is 0 Å². The lowest BCUT2D eigenvalue weighted by molar-refractivity contribution is -0.133. The fourth-order valence-electron chi connectivity index (χ4n) is 3.72. The van der Waals surface area contributed by atoms with Gasteiger partial charge >= 0.3 is 6.03 Å². The number of anilines is 1. The van der Waals surface area contributed by atoms with E-state index in [9.17, 15) is 14.4 Å². The number of nitrogens with one attached hydrogen (secondary N) is 2. The minimum absolute atomic E-state index is 0.395. The number of carbonyl (C=O) groups excluding carboxylic acids is 3. The summed E-state index contributed by atoms with van der Waals surface area (Å²) in [6, 6.07) is 19.8. The van der Waals surface area contributed by atoms with Gasteiger partial charge in [-0.3, -0.25) is 14.5 Å². The summed E-state index contributed by atoms with van der Waals surface area (Å²) >= 11 is 0. The van der Waals surface area contributed by atoms with E-state index in [0.29, 0.717) is 23.6 Å². The average Bonchev–Trinajstić information content (AvgIpc) is 2.99. The van der Waals surface area contributed by atoms with E-state index in [4.69, 9.17) is 4.74 Å². The summed E-state index contributed by atoms with van der Waals surface area (Å²) in [4.78, 5) is 39.3.